The van der Waals surface area contributed by atoms with Crippen molar-refractivity contribution >= 4 is 18.3 Å². The van der Waals surface area contributed by atoms with Gasteiger partial charge in [0.2, 0.25) is 5.91 Å². The third-order valence-electron chi connectivity index (χ3n) is 3.83. The van der Waals surface area contributed by atoms with Gasteiger partial charge in [-0.15, -0.1) is 12.4 Å². The van der Waals surface area contributed by atoms with Gasteiger partial charge in [0, 0.05) is 19.5 Å². The van der Waals surface area contributed by atoms with Crippen LogP contribution >= 0.6 is 12.4 Å². The maximum atomic E-state index is 12.0. The quantitative estimate of drug-likeness (QED) is 0.783. The molecule has 0 unspecified atom stereocenters. The lowest BCUT2D eigenvalue weighted by molar-refractivity contribution is -0.132. The maximum absolute atomic E-state index is 12.0. The van der Waals surface area contributed by atoms with Gasteiger partial charge in [0.05, 0.1) is 0 Å². The largest absolute Gasteiger partial charge is 0.343 e. The lowest BCUT2D eigenvalue weighted by atomic mass is 9.95. The Kier molecular flexibility index (Phi) is 10.5. The Morgan fingerprint density at radius 2 is 1.72 bits per heavy atom. The van der Waals surface area contributed by atoms with Crippen molar-refractivity contribution in [3.05, 3.63) is 0 Å². The fraction of sp³-hybridized carbons (Fsp3) is 0.929. The van der Waals surface area contributed by atoms with E-state index in [0.29, 0.717) is 18.4 Å². The van der Waals surface area contributed by atoms with Gasteiger partial charge in [-0.1, -0.05) is 32.1 Å². The molecule has 0 aromatic carbocycles. The van der Waals surface area contributed by atoms with Crippen LogP contribution in [0.4, 0.5) is 0 Å². The Morgan fingerprint density at radius 1 is 1.17 bits per heavy atom. The maximum Gasteiger partial charge on any atom is 0.222 e. The predicted octanol–water partition coefficient (Wildman–Crippen LogP) is 2.98. The summed E-state index contributed by atoms with van der Waals surface area (Å²) in [6, 6.07) is 0.498. The minimum absolute atomic E-state index is 0. The topological polar surface area (TPSA) is 32.3 Å². The number of carbonyl (C=O) groups is 1. The molecule has 0 bridgehead atoms. The predicted molar refractivity (Wildman–Crippen MR) is 79.3 cm³/mol. The zero-order chi connectivity index (χ0) is 12.5. The molecular weight excluding hydrogens is 248 g/mol. The van der Waals surface area contributed by atoms with E-state index in [4.69, 9.17) is 0 Å². The van der Waals surface area contributed by atoms with Gasteiger partial charge in [-0.05, 0) is 32.9 Å². The van der Waals surface area contributed by atoms with E-state index in [1.807, 2.05) is 19.0 Å². The monoisotopic (exact) mass is 276 g/mol. The van der Waals surface area contributed by atoms with Crippen LogP contribution in [-0.2, 0) is 4.79 Å². The molecule has 18 heavy (non-hydrogen) atoms. The van der Waals surface area contributed by atoms with Gasteiger partial charge in [-0.2, -0.15) is 0 Å². The van der Waals surface area contributed by atoms with Crippen molar-refractivity contribution in [2.75, 3.05) is 20.6 Å². The standard InChI is InChI=1S/C14H28N2O.ClH/c1-15-12-8-11-14(17)16(2)13-9-6-4-3-5-7-10-13;/h13,15H,3-12H2,1-2H3;1H. The zero-order valence-electron chi connectivity index (χ0n) is 11.9. The first-order valence-corrected chi connectivity index (χ1v) is 7.16. The summed E-state index contributed by atoms with van der Waals surface area (Å²) in [5.41, 5.74) is 0. The van der Waals surface area contributed by atoms with Gasteiger partial charge in [-0.3, -0.25) is 4.79 Å². The van der Waals surface area contributed by atoms with Crippen LogP contribution in [0.3, 0.4) is 0 Å². The molecule has 0 aromatic rings. The average molecular weight is 277 g/mol. The van der Waals surface area contributed by atoms with E-state index in [2.05, 4.69) is 5.32 Å². The van der Waals surface area contributed by atoms with Gasteiger partial charge in [0.1, 0.15) is 0 Å². The van der Waals surface area contributed by atoms with Crippen LogP contribution in [-0.4, -0.2) is 37.5 Å². The van der Waals surface area contributed by atoms with E-state index < -0.39 is 0 Å². The van der Waals surface area contributed by atoms with Gasteiger partial charge in [0.15, 0.2) is 0 Å². The van der Waals surface area contributed by atoms with E-state index in [1.165, 1.54) is 44.9 Å². The molecule has 1 rings (SSSR count). The van der Waals surface area contributed by atoms with E-state index >= 15 is 0 Å². The summed E-state index contributed by atoms with van der Waals surface area (Å²) in [6.07, 6.45) is 10.7. The lowest BCUT2D eigenvalue weighted by Gasteiger charge is -2.30. The Labute approximate surface area is 118 Å². The van der Waals surface area contributed by atoms with E-state index in [0.717, 1.165) is 13.0 Å². The van der Waals surface area contributed by atoms with E-state index in [1.54, 1.807) is 0 Å². The van der Waals surface area contributed by atoms with Crippen LogP contribution in [0.25, 0.3) is 0 Å². The second-order valence-corrected chi connectivity index (χ2v) is 5.21. The third kappa shape index (κ3) is 6.60. The van der Waals surface area contributed by atoms with Gasteiger partial charge in [-0.25, -0.2) is 0 Å². The molecule has 0 radical (unpaired) electrons. The van der Waals surface area contributed by atoms with Crippen LogP contribution in [0.15, 0.2) is 0 Å². The Bertz CT molecular complexity index is 216. The van der Waals surface area contributed by atoms with Crippen molar-refractivity contribution in [2.24, 2.45) is 0 Å². The molecular formula is C14H29ClN2O. The fourth-order valence-electron chi connectivity index (χ4n) is 2.62. The molecule has 108 valence electrons. The summed E-state index contributed by atoms with van der Waals surface area (Å²) in [6.45, 7) is 0.935. The highest BCUT2D eigenvalue weighted by atomic mass is 35.5. The Balaban J connectivity index is 0.00000289. The van der Waals surface area contributed by atoms with Gasteiger partial charge < -0.3 is 10.2 Å². The first-order chi connectivity index (χ1) is 8.25. The van der Waals surface area contributed by atoms with E-state index in [9.17, 15) is 4.79 Å². The minimum atomic E-state index is 0. The number of hydrogen-bond acceptors (Lipinski definition) is 2. The molecule has 0 saturated heterocycles. The number of rotatable bonds is 5. The fourth-order valence-corrected chi connectivity index (χ4v) is 2.62. The van der Waals surface area contributed by atoms with Crippen molar-refractivity contribution in [3.8, 4) is 0 Å². The summed E-state index contributed by atoms with van der Waals surface area (Å²) in [5.74, 6) is 0.325. The van der Waals surface area contributed by atoms with Crippen molar-refractivity contribution < 1.29 is 4.79 Å². The molecule has 1 fully saturated rings. The number of amides is 1. The van der Waals surface area contributed by atoms with Crippen LogP contribution in [0.2, 0.25) is 0 Å². The van der Waals surface area contributed by atoms with Crippen molar-refractivity contribution in [1.82, 2.24) is 10.2 Å². The number of halogens is 1. The normalized spacial score (nSPS) is 17.4. The number of nitrogens with zero attached hydrogens (tertiary/aromatic N) is 1. The van der Waals surface area contributed by atoms with Crippen molar-refractivity contribution in [2.45, 2.75) is 63.8 Å². The smallest absolute Gasteiger partial charge is 0.222 e. The molecule has 1 N–H and O–H groups in total. The first kappa shape index (κ1) is 17.7. The average Bonchev–Trinajstić information content (AvgIpc) is 2.28. The number of carbonyl (C=O) groups excluding carboxylic acids is 1. The van der Waals surface area contributed by atoms with Crippen LogP contribution < -0.4 is 5.32 Å². The number of nitrogens with one attached hydrogen (secondary N) is 1. The van der Waals surface area contributed by atoms with E-state index in [-0.39, 0.29) is 12.4 Å². The summed E-state index contributed by atoms with van der Waals surface area (Å²) in [5, 5.41) is 3.09. The molecule has 1 amide bonds. The molecule has 0 spiro atoms. The summed E-state index contributed by atoms with van der Waals surface area (Å²) >= 11 is 0. The third-order valence-corrected chi connectivity index (χ3v) is 3.83. The molecule has 0 aromatic heterocycles. The van der Waals surface area contributed by atoms with Crippen LogP contribution in [0.1, 0.15) is 57.8 Å². The Hall–Kier alpha value is -0.280. The van der Waals surface area contributed by atoms with Gasteiger partial charge in [0.25, 0.3) is 0 Å². The minimum Gasteiger partial charge on any atom is -0.343 e. The SMILES string of the molecule is CNCCCC(=O)N(C)C1CCCCCCC1.Cl. The first-order valence-electron chi connectivity index (χ1n) is 7.16. The molecule has 3 nitrogen and oxygen atoms in total. The van der Waals surface area contributed by atoms with Crippen LogP contribution in [0, 0.1) is 0 Å². The number of hydrogen-bond donors (Lipinski definition) is 1. The van der Waals surface area contributed by atoms with Crippen molar-refractivity contribution in [1.29, 1.82) is 0 Å². The summed E-state index contributed by atoms with van der Waals surface area (Å²) in [7, 11) is 3.93. The molecule has 0 aliphatic heterocycles. The second kappa shape index (κ2) is 10.6. The van der Waals surface area contributed by atoms with Crippen LogP contribution in [0.5, 0.6) is 0 Å². The van der Waals surface area contributed by atoms with Gasteiger partial charge >= 0.3 is 0 Å². The summed E-state index contributed by atoms with van der Waals surface area (Å²) < 4.78 is 0. The molecule has 1 aliphatic carbocycles. The Morgan fingerprint density at radius 3 is 2.28 bits per heavy atom. The molecule has 0 heterocycles. The zero-order valence-corrected chi connectivity index (χ0v) is 12.7. The molecule has 0 atom stereocenters. The molecule has 1 saturated carbocycles. The lowest BCUT2D eigenvalue weighted by Crippen LogP contribution is -2.37. The second-order valence-electron chi connectivity index (χ2n) is 5.21. The highest BCUT2D eigenvalue weighted by molar-refractivity contribution is 5.85. The molecule has 1 aliphatic rings. The van der Waals surface area contributed by atoms with Crippen molar-refractivity contribution in [3.63, 3.8) is 0 Å². The summed E-state index contributed by atoms with van der Waals surface area (Å²) in [4.78, 5) is 14.0. The highest BCUT2D eigenvalue weighted by Gasteiger charge is 2.19. The highest BCUT2D eigenvalue weighted by Crippen LogP contribution is 2.21. The molecule has 4 heteroatoms.